The second kappa shape index (κ2) is 7.04. The van der Waals surface area contributed by atoms with Gasteiger partial charge in [0.05, 0.1) is 0 Å². The number of rotatable bonds is 5. The minimum absolute atomic E-state index is 0.235. The maximum atomic E-state index is 13.7. The van der Waals surface area contributed by atoms with Crippen LogP contribution in [0.15, 0.2) is 54.9 Å². The molecule has 0 aliphatic carbocycles. The summed E-state index contributed by atoms with van der Waals surface area (Å²) in [5.41, 5.74) is 2.05. The van der Waals surface area contributed by atoms with Gasteiger partial charge in [-0.15, -0.1) is 0 Å². The van der Waals surface area contributed by atoms with Gasteiger partial charge < -0.3 is 10.6 Å². The molecule has 0 saturated carbocycles. The first-order valence-corrected chi connectivity index (χ1v) is 7.44. The summed E-state index contributed by atoms with van der Waals surface area (Å²) in [5.74, 6) is -0.489. The van der Waals surface area contributed by atoms with Crippen molar-refractivity contribution in [2.75, 3.05) is 10.6 Å². The molecule has 6 heteroatoms. The van der Waals surface area contributed by atoms with E-state index in [9.17, 15) is 8.78 Å². The number of para-hydroxylation sites is 1. The number of nitrogens with zero attached hydrogens (tertiary/aromatic N) is 2. The molecule has 1 aromatic heterocycles. The predicted molar refractivity (Wildman–Crippen MR) is 90.2 cm³/mol. The highest BCUT2D eigenvalue weighted by Crippen LogP contribution is 2.22. The summed E-state index contributed by atoms with van der Waals surface area (Å²) in [4.78, 5) is 8.10. The SMILES string of the molecule is Cc1cccc(CNc2cc(Nc3c(F)cccc3F)ncn2)c1. The fourth-order valence-corrected chi connectivity index (χ4v) is 2.28. The lowest BCUT2D eigenvalue weighted by molar-refractivity contribution is 0.590. The summed E-state index contributed by atoms with van der Waals surface area (Å²) < 4.78 is 27.4. The molecule has 0 atom stereocenters. The van der Waals surface area contributed by atoms with Gasteiger partial charge in [0.25, 0.3) is 0 Å². The first-order chi connectivity index (χ1) is 11.6. The van der Waals surface area contributed by atoms with Crippen molar-refractivity contribution in [3.8, 4) is 0 Å². The van der Waals surface area contributed by atoms with Gasteiger partial charge in [0.2, 0.25) is 0 Å². The van der Waals surface area contributed by atoms with Crippen molar-refractivity contribution in [1.82, 2.24) is 9.97 Å². The number of hydrogen-bond acceptors (Lipinski definition) is 4. The standard InChI is InChI=1S/C18H16F2N4/c1-12-4-2-5-13(8-12)10-21-16-9-17(23-11-22-16)24-18-14(19)6-3-7-15(18)20/h2-9,11H,10H2,1H3,(H2,21,22,23,24). The van der Waals surface area contributed by atoms with E-state index >= 15 is 0 Å². The lowest BCUT2D eigenvalue weighted by Gasteiger charge is -2.10. The number of anilines is 3. The molecular weight excluding hydrogens is 310 g/mol. The molecule has 122 valence electrons. The average Bonchev–Trinajstić information content (AvgIpc) is 2.57. The molecular formula is C18H16F2N4. The third kappa shape index (κ3) is 3.84. The van der Waals surface area contributed by atoms with Gasteiger partial charge in [-0.2, -0.15) is 0 Å². The Hall–Kier alpha value is -3.02. The number of aromatic nitrogens is 2. The molecule has 4 nitrogen and oxygen atoms in total. The Morgan fingerprint density at radius 3 is 2.38 bits per heavy atom. The summed E-state index contributed by atoms with van der Waals surface area (Å²) in [6, 6.07) is 13.4. The van der Waals surface area contributed by atoms with Crippen molar-refractivity contribution in [3.63, 3.8) is 0 Å². The van der Waals surface area contributed by atoms with Gasteiger partial charge in [-0.05, 0) is 24.6 Å². The minimum Gasteiger partial charge on any atom is -0.366 e. The number of nitrogens with one attached hydrogen (secondary N) is 2. The Labute approximate surface area is 138 Å². The second-order valence-corrected chi connectivity index (χ2v) is 5.35. The first-order valence-electron chi connectivity index (χ1n) is 7.44. The molecule has 1 heterocycles. The smallest absolute Gasteiger partial charge is 0.149 e. The zero-order valence-electron chi connectivity index (χ0n) is 13.1. The highest BCUT2D eigenvalue weighted by molar-refractivity contribution is 5.60. The molecule has 3 rings (SSSR count). The highest BCUT2D eigenvalue weighted by atomic mass is 19.1. The van der Waals surface area contributed by atoms with Gasteiger partial charge in [-0.25, -0.2) is 18.7 Å². The lowest BCUT2D eigenvalue weighted by atomic mass is 10.1. The zero-order chi connectivity index (χ0) is 16.9. The molecule has 0 unspecified atom stereocenters. The van der Waals surface area contributed by atoms with E-state index in [4.69, 9.17) is 0 Å². The molecule has 0 fully saturated rings. The zero-order valence-corrected chi connectivity index (χ0v) is 13.1. The van der Waals surface area contributed by atoms with Crippen LogP contribution in [-0.2, 0) is 6.54 Å². The predicted octanol–water partition coefficient (Wildman–Crippen LogP) is 4.42. The Morgan fingerprint density at radius 2 is 1.62 bits per heavy atom. The van der Waals surface area contributed by atoms with E-state index in [2.05, 4.69) is 26.7 Å². The summed E-state index contributed by atoms with van der Waals surface area (Å²) >= 11 is 0. The number of hydrogen-bond donors (Lipinski definition) is 2. The monoisotopic (exact) mass is 326 g/mol. The molecule has 2 N–H and O–H groups in total. The van der Waals surface area contributed by atoms with Gasteiger partial charge in [-0.1, -0.05) is 35.9 Å². The van der Waals surface area contributed by atoms with Crippen LogP contribution in [0.4, 0.5) is 26.1 Å². The molecule has 3 aromatic rings. The largest absolute Gasteiger partial charge is 0.366 e. The third-order valence-corrected chi connectivity index (χ3v) is 3.44. The highest BCUT2D eigenvalue weighted by Gasteiger charge is 2.09. The second-order valence-electron chi connectivity index (χ2n) is 5.35. The fourth-order valence-electron chi connectivity index (χ4n) is 2.28. The van der Waals surface area contributed by atoms with Gasteiger partial charge >= 0.3 is 0 Å². The Kier molecular flexibility index (Phi) is 4.65. The molecule has 0 amide bonds. The lowest BCUT2D eigenvalue weighted by Crippen LogP contribution is -2.04. The molecule has 0 saturated heterocycles. The number of aryl methyl sites for hydroxylation is 1. The maximum absolute atomic E-state index is 13.7. The summed E-state index contributed by atoms with van der Waals surface area (Å²) in [6.07, 6.45) is 1.33. The van der Waals surface area contributed by atoms with Crippen molar-refractivity contribution >= 4 is 17.3 Å². The van der Waals surface area contributed by atoms with Crippen molar-refractivity contribution in [1.29, 1.82) is 0 Å². The first kappa shape index (κ1) is 15.9. The van der Waals surface area contributed by atoms with Gasteiger partial charge in [-0.3, -0.25) is 0 Å². The van der Waals surface area contributed by atoms with E-state index in [0.29, 0.717) is 18.2 Å². The number of benzene rings is 2. The van der Waals surface area contributed by atoms with E-state index in [1.165, 1.54) is 30.1 Å². The molecule has 0 spiro atoms. The Bertz CT molecular complexity index is 832. The van der Waals surface area contributed by atoms with Crippen molar-refractivity contribution in [2.45, 2.75) is 13.5 Å². The molecule has 0 bridgehead atoms. The van der Waals surface area contributed by atoms with Crippen LogP contribution < -0.4 is 10.6 Å². The molecule has 24 heavy (non-hydrogen) atoms. The molecule has 2 aromatic carbocycles. The minimum atomic E-state index is -0.678. The van der Waals surface area contributed by atoms with E-state index in [1.807, 2.05) is 25.1 Å². The van der Waals surface area contributed by atoms with Crippen molar-refractivity contribution in [2.24, 2.45) is 0 Å². The fraction of sp³-hybridized carbons (Fsp3) is 0.111. The molecule has 0 aliphatic heterocycles. The molecule has 0 radical (unpaired) electrons. The Morgan fingerprint density at radius 1 is 0.917 bits per heavy atom. The maximum Gasteiger partial charge on any atom is 0.149 e. The van der Waals surface area contributed by atoms with E-state index in [-0.39, 0.29) is 5.69 Å². The van der Waals surface area contributed by atoms with Crippen LogP contribution in [0.5, 0.6) is 0 Å². The van der Waals surface area contributed by atoms with Crippen LogP contribution in [0.2, 0.25) is 0 Å². The van der Waals surface area contributed by atoms with Crippen LogP contribution in [-0.4, -0.2) is 9.97 Å². The van der Waals surface area contributed by atoms with Crippen LogP contribution in [0, 0.1) is 18.6 Å². The average molecular weight is 326 g/mol. The quantitative estimate of drug-likeness (QED) is 0.729. The van der Waals surface area contributed by atoms with Crippen molar-refractivity contribution in [3.05, 3.63) is 77.6 Å². The normalized spacial score (nSPS) is 10.5. The van der Waals surface area contributed by atoms with Crippen LogP contribution in [0.3, 0.4) is 0 Å². The van der Waals surface area contributed by atoms with E-state index in [1.54, 1.807) is 6.07 Å². The van der Waals surface area contributed by atoms with E-state index in [0.717, 1.165) is 5.56 Å². The number of halogens is 2. The summed E-state index contributed by atoms with van der Waals surface area (Å²) in [7, 11) is 0. The topological polar surface area (TPSA) is 49.8 Å². The van der Waals surface area contributed by atoms with Crippen LogP contribution in [0.1, 0.15) is 11.1 Å². The van der Waals surface area contributed by atoms with E-state index < -0.39 is 11.6 Å². The van der Waals surface area contributed by atoms with Gasteiger partial charge in [0, 0.05) is 12.6 Å². The van der Waals surface area contributed by atoms with Crippen LogP contribution >= 0.6 is 0 Å². The van der Waals surface area contributed by atoms with Gasteiger partial charge in [0.15, 0.2) is 0 Å². The summed E-state index contributed by atoms with van der Waals surface area (Å²) in [6.45, 7) is 2.62. The third-order valence-electron chi connectivity index (χ3n) is 3.44. The Balaban J connectivity index is 1.72. The van der Waals surface area contributed by atoms with Crippen molar-refractivity contribution < 1.29 is 8.78 Å². The summed E-state index contributed by atoms with van der Waals surface area (Å²) in [5, 5.41) is 5.81. The molecule has 0 aliphatic rings. The van der Waals surface area contributed by atoms with Gasteiger partial charge in [0.1, 0.15) is 35.3 Å². The van der Waals surface area contributed by atoms with Crippen LogP contribution in [0.25, 0.3) is 0 Å².